The van der Waals surface area contributed by atoms with E-state index < -0.39 is 0 Å². The number of benzene rings is 2. The number of methoxy groups -OCH3 is 2. The lowest BCUT2D eigenvalue weighted by molar-refractivity contribution is 0.354. The highest BCUT2D eigenvalue weighted by atomic mass is 35.5. The molecule has 3 aromatic rings. The molecule has 0 aliphatic rings. The summed E-state index contributed by atoms with van der Waals surface area (Å²) in [7, 11) is 3.29. The second-order valence-electron chi connectivity index (χ2n) is 6.16. The fraction of sp³-hybridized carbons (Fsp3) is 0.227. The predicted molar refractivity (Wildman–Crippen MR) is 110 cm³/mol. The van der Waals surface area contributed by atoms with Crippen LogP contribution < -0.4 is 14.8 Å². The zero-order valence-corrected chi connectivity index (χ0v) is 16.3. The molecule has 3 rings (SSSR count). The van der Waals surface area contributed by atoms with E-state index >= 15 is 0 Å². The first kappa shape index (κ1) is 19.2. The van der Waals surface area contributed by atoms with E-state index in [1.165, 1.54) is 5.56 Å². The van der Waals surface area contributed by atoms with E-state index in [2.05, 4.69) is 28.5 Å². The van der Waals surface area contributed by atoms with Crippen LogP contribution in [0.1, 0.15) is 11.1 Å². The van der Waals surface area contributed by atoms with Crippen LogP contribution in [0, 0.1) is 0 Å². The van der Waals surface area contributed by atoms with Crippen LogP contribution in [0.3, 0.4) is 0 Å². The number of hydrogen-bond acceptors (Lipinski definition) is 4. The Morgan fingerprint density at radius 1 is 0.926 bits per heavy atom. The van der Waals surface area contributed by atoms with Crippen molar-refractivity contribution in [2.75, 3.05) is 20.8 Å². The summed E-state index contributed by atoms with van der Waals surface area (Å²) in [5.74, 6) is 1.49. The second kappa shape index (κ2) is 9.40. The first-order chi connectivity index (χ1) is 13.2. The standard InChI is InChI=1S/C22H23ClN2O2/c1-26-20-9-8-16(12-21(20)27-2)10-11-24-14-19-13-18(15-25-22(19)23)17-6-4-3-5-7-17/h3-9,12-13,15,24H,10-11,14H2,1-2H3. The van der Waals surface area contributed by atoms with E-state index in [4.69, 9.17) is 21.1 Å². The van der Waals surface area contributed by atoms with Gasteiger partial charge in [-0.1, -0.05) is 48.0 Å². The first-order valence-corrected chi connectivity index (χ1v) is 9.20. The number of ether oxygens (including phenoxy) is 2. The highest BCUT2D eigenvalue weighted by Gasteiger charge is 2.07. The van der Waals surface area contributed by atoms with E-state index in [0.717, 1.165) is 41.2 Å². The van der Waals surface area contributed by atoms with Gasteiger partial charge in [-0.2, -0.15) is 0 Å². The summed E-state index contributed by atoms with van der Waals surface area (Å²) < 4.78 is 10.6. The molecule has 1 N–H and O–H groups in total. The largest absolute Gasteiger partial charge is 0.493 e. The Kier molecular flexibility index (Phi) is 6.69. The first-order valence-electron chi connectivity index (χ1n) is 8.82. The smallest absolute Gasteiger partial charge is 0.160 e. The van der Waals surface area contributed by atoms with Crippen molar-refractivity contribution in [2.45, 2.75) is 13.0 Å². The molecule has 0 aliphatic carbocycles. The Hall–Kier alpha value is -2.56. The summed E-state index contributed by atoms with van der Waals surface area (Å²) >= 11 is 6.27. The average molecular weight is 383 g/mol. The second-order valence-corrected chi connectivity index (χ2v) is 6.51. The molecule has 0 spiro atoms. The summed E-state index contributed by atoms with van der Waals surface area (Å²) in [4.78, 5) is 4.33. The normalized spacial score (nSPS) is 10.6. The van der Waals surface area contributed by atoms with Gasteiger partial charge in [0.2, 0.25) is 0 Å². The summed E-state index contributed by atoms with van der Waals surface area (Å²) in [6.07, 6.45) is 2.69. The Morgan fingerprint density at radius 2 is 1.70 bits per heavy atom. The number of halogens is 1. The molecular formula is C22H23ClN2O2. The van der Waals surface area contributed by atoms with Crippen LogP contribution in [-0.2, 0) is 13.0 Å². The molecule has 0 saturated carbocycles. The lowest BCUT2D eigenvalue weighted by Crippen LogP contribution is -2.17. The molecule has 0 atom stereocenters. The quantitative estimate of drug-likeness (QED) is 0.451. The SMILES string of the molecule is COc1ccc(CCNCc2cc(-c3ccccc3)cnc2Cl)cc1OC. The third-order valence-electron chi connectivity index (χ3n) is 4.37. The molecule has 1 heterocycles. The number of rotatable bonds is 8. The highest BCUT2D eigenvalue weighted by Crippen LogP contribution is 2.27. The molecule has 0 radical (unpaired) electrons. The summed E-state index contributed by atoms with van der Waals surface area (Å²) in [5.41, 5.74) is 4.37. The maximum Gasteiger partial charge on any atom is 0.160 e. The van der Waals surface area contributed by atoms with Crippen LogP contribution in [-0.4, -0.2) is 25.7 Å². The zero-order chi connectivity index (χ0) is 19.1. The molecule has 4 nitrogen and oxygen atoms in total. The van der Waals surface area contributed by atoms with Gasteiger partial charge in [-0.15, -0.1) is 0 Å². The lowest BCUT2D eigenvalue weighted by atomic mass is 10.1. The Morgan fingerprint density at radius 3 is 2.44 bits per heavy atom. The van der Waals surface area contributed by atoms with Crippen molar-refractivity contribution < 1.29 is 9.47 Å². The predicted octanol–water partition coefficient (Wildman–Crippen LogP) is 4.75. The van der Waals surface area contributed by atoms with E-state index in [-0.39, 0.29) is 0 Å². The molecule has 27 heavy (non-hydrogen) atoms. The van der Waals surface area contributed by atoms with Crippen molar-refractivity contribution in [3.8, 4) is 22.6 Å². The molecule has 1 aromatic heterocycles. The average Bonchev–Trinajstić information content (AvgIpc) is 2.72. The van der Waals surface area contributed by atoms with Crippen molar-refractivity contribution >= 4 is 11.6 Å². The maximum atomic E-state index is 6.27. The fourth-order valence-corrected chi connectivity index (χ4v) is 3.07. The Balaban J connectivity index is 1.59. The number of aromatic nitrogens is 1. The van der Waals surface area contributed by atoms with Gasteiger partial charge in [0.05, 0.1) is 14.2 Å². The van der Waals surface area contributed by atoms with E-state index in [9.17, 15) is 0 Å². The minimum atomic E-state index is 0.535. The third-order valence-corrected chi connectivity index (χ3v) is 4.71. The number of hydrogen-bond donors (Lipinski definition) is 1. The lowest BCUT2D eigenvalue weighted by Gasteiger charge is -2.11. The van der Waals surface area contributed by atoms with E-state index in [1.807, 2.05) is 42.6 Å². The minimum Gasteiger partial charge on any atom is -0.493 e. The van der Waals surface area contributed by atoms with Crippen LogP contribution >= 0.6 is 11.6 Å². The van der Waals surface area contributed by atoms with Crippen molar-refractivity contribution in [1.82, 2.24) is 10.3 Å². The molecule has 0 aliphatic heterocycles. The number of nitrogens with zero attached hydrogens (tertiary/aromatic N) is 1. The van der Waals surface area contributed by atoms with Crippen LogP contribution in [0.5, 0.6) is 11.5 Å². The van der Waals surface area contributed by atoms with Crippen LogP contribution in [0.2, 0.25) is 5.15 Å². The Labute approximate surface area is 165 Å². The maximum absolute atomic E-state index is 6.27. The third kappa shape index (κ3) is 5.00. The van der Waals surface area contributed by atoms with Crippen LogP contribution in [0.15, 0.2) is 60.8 Å². The van der Waals surface area contributed by atoms with Gasteiger partial charge >= 0.3 is 0 Å². The number of pyridine rings is 1. The van der Waals surface area contributed by atoms with Gasteiger partial charge in [0, 0.05) is 23.9 Å². The minimum absolute atomic E-state index is 0.535. The van der Waals surface area contributed by atoms with Gasteiger partial charge in [0.25, 0.3) is 0 Å². The molecule has 0 bridgehead atoms. The molecule has 0 saturated heterocycles. The van der Waals surface area contributed by atoms with Gasteiger partial charge in [-0.25, -0.2) is 4.98 Å². The van der Waals surface area contributed by atoms with Gasteiger partial charge in [-0.05, 0) is 42.3 Å². The molecular weight excluding hydrogens is 360 g/mol. The van der Waals surface area contributed by atoms with Gasteiger partial charge in [-0.3, -0.25) is 0 Å². The van der Waals surface area contributed by atoms with Crippen molar-refractivity contribution in [3.05, 3.63) is 77.1 Å². The Bertz CT molecular complexity index is 885. The molecule has 0 fully saturated rings. The molecule has 2 aromatic carbocycles. The summed E-state index contributed by atoms with van der Waals surface area (Å²) in [6, 6.07) is 18.3. The van der Waals surface area contributed by atoms with Gasteiger partial charge < -0.3 is 14.8 Å². The monoisotopic (exact) mass is 382 g/mol. The highest BCUT2D eigenvalue weighted by molar-refractivity contribution is 6.30. The summed E-state index contributed by atoms with van der Waals surface area (Å²) in [5, 5.41) is 3.97. The van der Waals surface area contributed by atoms with Gasteiger partial charge in [0.15, 0.2) is 11.5 Å². The van der Waals surface area contributed by atoms with Crippen LogP contribution in [0.25, 0.3) is 11.1 Å². The van der Waals surface area contributed by atoms with Crippen molar-refractivity contribution in [1.29, 1.82) is 0 Å². The van der Waals surface area contributed by atoms with Gasteiger partial charge in [0.1, 0.15) is 5.15 Å². The number of nitrogens with one attached hydrogen (secondary N) is 1. The zero-order valence-electron chi connectivity index (χ0n) is 15.5. The fourth-order valence-electron chi connectivity index (χ4n) is 2.90. The van der Waals surface area contributed by atoms with Crippen molar-refractivity contribution in [2.24, 2.45) is 0 Å². The van der Waals surface area contributed by atoms with Crippen molar-refractivity contribution in [3.63, 3.8) is 0 Å². The summed E-state index contributed by atoms with van der Waals surface area (Å²) in [6.45, 7) is 1.49. The van der Waals surface area contributed by atoms with E-state index in [0.29, 0.717) is 11.7 Å². The van der Waals surface area contributed by atoms with E-state index in [1.54, 1.807) is 14.2 Å². The topological polar surface area (TPSA) is 43.4 Å². The van der Waals surface area contributed by atoms with Crippen LogP contribution in [0.4, 0.5) is 0 Å². The molecule has 0 amide bonds. The molecule has 0 unspecified atom stereocenters. The molecule has 140 valence electrons. The molecule has 5 heteroatoms.